The summed E-state index contributed by atoms with van der Waals surface area (Å²) in [6, 6.07) is 0. The van der Waals surface area contributed by atoms with Gasteiger partial charge in [-0.05, 0) is 23.0 Å². The van der Waals surface area contributed by atoms with Crippen LogP contribution in [-0.2, 0) is 4.53 Å². The lowest BCUT2D eigenvalue weighted by Gasteiger charge is -2.43. The molecule has 0 aliphatic heterocycles. The molecule has 0 unspecified atom stereocenters. The molecule has 0 spiro atoms. The standard InChI is InChI=1S/C14H29NO2Si/c1-8-9-10-11-15(16)17-18(12(2)3,13(4)5)14(6)7/h8,11-14H,1,9-10H2,2-7H3/b15-11+. The SMILES string of the molecule is C=CCC/C=[N+](\[O-])O[Si](C(C)C)(C(C)C)C(C)C. The summed E-state index contributed by atoms with van der Waals surface area (Å²) < 4.78 is 5.90. The van der Waals surface area contributed by atoms with Gasteiger partial charge in [-0.25, -0.2) is 0 Å². The van der Waals surface area contributed by atoms with Gasteiger partial charge in [-0.2, -0.15) is 0 Å². The summed E-state index contributed by atoms with van der Waals surface area (Å²) in [7, 11) is -2.09. The minimum Gasteiger partial charge on any atom is -0.442 e. The maximum Gasteiger partial charge on any atom is 0.209 e. The number of nitrogens with zero attached hydrogens (tertiary/aromatic N) is 1. The molecule has 0 bridgehead atoms. The van der Waals surface area contributed by atoms with E-state index >= 15 is 0 Å². The molecule has 0 N–H and O–H groups in total. The number of hydrogen-bond donors (Lipinski definition) is 0. The number of rotatable bonds is 8. The second-order valence-corrected chi connectivity index (χ2v) is 11.1. The number of allylic oxidation sites excluding steroid dienone is 1. The van der Waals surface area contributed by atoms with Crippen molar-refractivity contribution in [2.24, 2.45) is 0 Å². The molecule has 3 nitrogen and oxygen atoms in total. The van der Waals surface area contributed by atoms with E-state index in [-0.39, 0.29) is 0 Å². The van der Waals surface area contributed by atoms with Gasteiger partial charge in [0.25, 0.3) is 0 Å². The molecule has 0 aromatic rings. The predicted octanol–water partition coefficient (Wildman–Crippen LogP) is 4.64. The fourth-order valence-electron chi connectivity index (χ4n) is 2.81. The zero-order valence-corrected chi connectivity index (χ0v) is 13.8. The first-order valence-corrected chi connectivity index (χ1v) is 9.02. The van der Waals surface area contributed by atoms with Crippen LogP contribution in [0.3, 0.4) is 0 Å². The summed E-state index contributed by atoms with van der Waals surface area (Å²) in [6.07, 6.45) is 4.88. The van der Waals surface area contributed by atoms with Crippen LogP contribution in [0.1, 0.15) is 54.4 Å². The largest absolute Gasteiger partial charge is 0.442 e. The fourth-order valence-corrected chi connectivity index (χ4v) is 7.83. The van der Waals surface area contributed by atoms with Crippen LogP contribution in [0.2, 0.25) is 16.6 Å². The molecule has 0 aromatic carbocycles. The van der Waals surface area contributed by atoms with E-state index in [1.165, 1.54) is 0 Å². The van der Waals surface area contributed by atoms with Gasteiger partial charge in [0.15, 0.2) is 0 Å². The third-order valence-electron chi connectivity index (χ3n) is 3.60. The number of unbranched alkanes of at least 4 members (excludes halogenated alkanes) is 1. The van der Waals surface area contributed by atoms with E-state index < -0.39 is 8.32 Å². The van der Waals surface area contributed by atoms with Crippen LogP contribution < -0.4 is 0 Å². The molecule has 0 saturated heterocycles. The normalized spacial score (nSPS) is 13.5. The highest BCUT2D eigenvalue weighted by Gasteiger charge is 2.44. The molecule has 0 heterocycles. The van der Waals surface area contributed by atoms with Crippen molar-refractivity contribution in [2.75, 3.05) is 0 Å². The molecule has 0 radical (unpaired) electrons. The third kappa shape index (κ3) is 4.16. The first kappa shape index (κ1) is 17.2. The van der Waals surface area contributed by atoms with Gasteiger partial charge in [0, 0.05) is 11.3 Å². The van der Waals surface area contributed by atoms with Crippen LogP contribution in [0.15, 0.2) is 12.7 Å². The summed E-state index contributed by atoms with van der Waals surface area (Å²) in [4.78, 5) is 0.704. The summed E-state index contributed by atoms with van der Waals surface area (Å²) in [5, 5.41) is 11.9. The Labute approximate surface area is 113 Å². The van der Waals surface area contributed by atoms with E-state index in [4.69, 9.17) is 4.53 Å². The fraction of sp³-hybridized carbons (Fsp3) is 0.786. The van der Waals surface area contributed by atoms with Crippen molar-refractivity contribution < 1.29 is 9.43 Å². The van der Waals surface area contributed by atoms with Crippen LogP contribution in [0.25, 0.3) is 0 Å². The molecule has 0 saturated carbocycles. The minimum absolute atomic E-state index is 0.418. The van der Waals surface area contributed by atoms with Crippen molar-refractivity contribution >= 4 is 14.5 Å². The molecule has 106 valence electrons. The highest BCUT2D eigenvalue weighted by molar-refractivity contribution is 6.77. The van der Waals surface area contributed by atoms with Crippen molar-refractivity contribution in [1.82, 2.24) is 0 Å². The molecular weight excluding hydrogens is 242 g/mol. The predicted molar refractivity (Wildman–Crippen MR) is 81.3 cm³/mol. The molecule has 0 fully saturated rings. The molecule has 0 rings (SSSR count). The lowest BCUT2D eigenvalue weighted by molar-refractivity contribution is -0.702. The zero-order chi connectivity index (χ0) is 14.3. The molecule has 0 aliphatic rings. The molecule has 0 aromatic heterocycles. The van der Waals surface area contributed by atoms with Gasteiger partial charge in [-0.15, -0.1) is 6.58 Å². The Morgan fingerprint density at radius 2 is 1.50 bits per heavy atom. The van der Waals surface area contributed by atoms with E-state index in [9.17, 15) is 5.21 Å². The van der Waals surface area contributed by atoms with Gasteiger partial charge in [-0.3, -0.25) is 5.21 Å². The Balaban J connectivity index is 5.00. The lowest BCUT2D eigenvalue weighted by atomic mass is 10.3. The molecule has 0 aliphatic carbocycles. The van der Waals surface area contributed by atoms with Gasteiger partial charge in [0.1, 0.15) is 0 Å². The monoisotopic (exact) mass is 271 g/mol. The van der Waals surface area contributed by atoms with Crippen LogP contribution in [0.5, 0.6) is 0 Å². The Kier molecular flexibility index (Phi) is 7.29. The van der Waals surface area contributed by atoms with Crippen molar-refractivity contribution in [1.29, 1.82) is 0 Å². The van der Waals surface area contributed by atoms with E-state index in [0.29, 0.717) is 27.9 Å². The van der Waals surface area contributed by atoms with E-state index in [2.05, 4.69) is 48.1 Å². The maximum absolute atomic E-state index is 11.9. The van der Waals surface area contributed by atoms with E-state index in [1.807, 2.05) is 6.08 Å². The smallest absolute Gasteiger partial charge is 0.209 e. The second kappa shape index (κ2) is 7.62. The first-order chi connectivity index (χ1) is 8.28. The van der Waals surface area contributed by atoms with E-state index in [1.54, 1.807) is 6.21 Å². The van der Waals surface area contributed by atoms with Crippen molar-refractivity contribution in [2.45, 2.75) is 71.0 Å². The molecule has 0 amide bonds. The van der Waals surface area contributed by atoms with Gasteiger partial charge >= 0.3 is 0 Å². The van der Waals surface area contributed by atoms with Gasteiger partial charge in [0.05, 0.1) is 0 Å². The average Bonchev–Trinajstić information content (AvgIpc) is 2.24. The van der Waals surface area contributed by atoms with Crippen LogP contribution in [0.4, 0.5) is 0 Å². The van der Waals surface area contributed by atoms with Crippen molar-refractivity contribution in [3.63, 3.8) is 0 Å². The molecule has 0 atom stereocenters. The first-order valence-electron chi connectivity index (χ1n) is 6.88. The molecule has 18 heavy (non-hydrogen) atoms. The summed E-state index contributed by atoms with van der Waals surface area (Å²) >= 11 is 0. The number of hydrogen-bond acceptors (Lipinski definition) is 2. The summed E-state index contributed by atoms with van der Waals surface area (Å²) in [5.41, 5.74) is 1.25. The van der Waals surface area contributed by atoms with E-state index in [0.717, 1.165) is 6.42 Å². The Bertz CT molecular complexity index is 264. The lowest BCUT2D eigenvalue weighted by Crippen LogP contribution is -2.49. The Morgan fingerprint density at radius 3 is 1.83 bits per heavy atom. The highest BCUT2D eigenvalue weighted by atomic mass is 28.4. The topological polar surface area (TPSA) is 35.3 Å². The minimum atomic E-state index is -2.09. The Morgan fingerprint density at radius 1 is 1.06 bits per heavy atom. The van der Waals surface area contributed by atoms with Gasteiger partial charge < -0.3 is 4.53 Å². The van der Waals surface area contributed by atoms with Crippen molar-refractivity contribution in [3.05, 3.63) is 17.9 Å². The van der Waals surface area contributed by atoms with Gasteiger partial charge in [-0.1, -0.05) is 47.6 Å². The van der Waals surface area contributed by atoms with Crippen LogP contribution >= 0.6 is 0 Å². The summed E-state index contributed by atoms with van der Waals surface area (Å²) in [6.45, 7) is 16.7. The maximum atomic E-state index is 11.9. The third-order valence-corrected chi connectivity index (χ3v) is 9.51. The molecular formula is C14H29NO2Si. The van der Waals surface area contributed by atoms with Gasteiger partial charge in [0.2, 0.25) is 14.5 Å². The van der Waals surface area contributed by atoms with Crippen molar-refractivity contribution in [3.8, 4) is 0 Å². The average molecular weight is 271 g/mol. The second-order valence-electron chi connectivity index (χ2n) is 5.74. The van der Waals surface area contributed by atoms with Crippen LogP contribution in [-0.4, -0.2) is 19.4 Å². The summed E-state index contributed by atoms with van der Waals surface area (Å²) in [5.74, 6) is 0. The van der Waals surface area contributed by atoms with Crippen LogP contribution in [0, 0.1) is 5.21 Å². The quantitative estimate of drug-likeness (QED) is 0.161. The zero-order valence-electron chi connectivity index (χ0n) is 12.8. The molecule has 4 heteroatoms. The Hall–Kier alpha value is -0.773. The highest BCUT2D eigenvalue weighted by Crippen LogP contribution is 2.42.